The normalized spacial score (nSPS) is 10.7. The van der Waals surface area contributed by atoms with E-state index in [2.05, 4.69) is 14.8 Å². The van der Waals surface area contributed by atoms with Crippen LogP contribution >= 0.6 is 0 Å². The van der Waals surface area contributed by atoms with Crippen LogP contribution in [0.4, 0.5) is 11.4 Å². The zero-order valence-corrected chi connectivity index (χ0v) is 19.6. The number of rotatable bonds is 9. The Kier molecular flexibility index (Phi) is 8.05. The molecule has 10 nitrogen and oxygen atoms in total. The molecule has 3 rings (SSSR count). The molecule has 0 aliphatic carbocycles. The van der Waals surface area contributed by atoms with Gasteiger partial charge in [0.2, 0.25) is 0 Å². The Morgan fingerprint density at radius 2 is 1.46 bits per heavy atom. The van der Waals surface area contributed by atoms with Crippen molar-refractivity contribution in [1.82, 2.24) is 0 Å². The fourth-order valence-electron chi connectivity index (χ4n) is 2.88. The predicted octanol–water partition coefficient (Wildman–Crippen LogP) is 3.08. The molecule has 0 aliphatic heterocycles. The van der Waals surface area contributed by atoms with Gasteiger partial charge in [0.05, 0.1) is 30.2 Å². The van der Waals surface area contributed by atoms with Crippen LogP contribution in [-0.2, 0) is 24.3 Å². The fourth-order valence-corrected chi connectivity index (χ4v) is 3.99. The largest absolute Gasteiger partial charge is 0.497 e. The van der Waals surface area contributed by atoms with Crippen LogP contribution in [0.5, 0.6) is 5.75 Å². The smallest absolute Gasteiger partial charge is 0.338 e. The molecule has 35 heavy (non-hydrogen) atoms. The zero-order chi connectivity index (χ0) is 25.4. The maximum absolute atomic E-state index is 12.7. The Labute approximate surface area is 201 Å². The molecule has 0 spiro atoms. The Bertz CT molecular complexity index is 1320. The maximum atomic E-state index is 12.7. The molecule has 2 N–H and O–H groups in total. The maximum Gasteiger partial charge on any atom is 0.338 e. The first-order valence-electron chi connectivity index (χ1n) is 10.1. The molecule has 1 amide bonds. The molecular weight excluding hydrogens is 476 g/mol. The average Bonchev–Trinajstić information content (AvgIpc) is 2.87. The first-order valence-corrected chi connectivity index (χ1v) is 11.6. The van der Waals surface area contributed by atoms with Crippen molar-refractivity contribution >= 4 is 39.2 Å². The Balaban J connectivity index is 1.59. The number of carbonyl (C=O) groups is 3. The molecule has 0 aromatic heterocycles. The zero-order valence-electron chi connectivity index (χ0n) is 18.8. The highest BCUT2D eigenvalue weighted by molar-refractivity contribution is 7.92. The quantitative estimate of drug-likeness (QED) is 0.430. The van der Waals surface area contributed by atoms with E-state index in [9.17, 15) is 22.8 Å². The summed E-state index contributed by atoms with van der Waals surface area (Å²) in [5, 5.41) is 2.52. The predicted molar refractivity (Wildman–Crippen MR) is 127 cm³/mol. The van der Waals surface area contributed by atoms with E-state index in [0.29, 0.717) is 22.7 Å². The monoisotopic (exact) mass is 498 g/mol. The second-order valence-corrected chi connectivity index (χ2v) is 8.74. The highest BCUT2D eigenvalue weighted by atomic mass is 32.2. The lowest BCUT2D eigenvalue weighted by molar-refractivity contribution is -0.119. The fraction of sp³-hybridized carbons (Fsp3) is 0.125. The van der Waals surface area contributed by atoms with Crippen LogP contribution in [0, 0.1) is 0 Å². The summed E-state index contributed by atoms with van der Waals surface area (Å²) in [6.45, 7) is -0.599. The summed E-state index contributed by atoms with van der Waals surface area (Å²) in [5.74, 6) is -1.43. The Morgan fingerprint density at radius 1 is 0.800 bits per heavy atom. The van der Waals surface area contributed by atoms with Gasteiger partial charge < -0.3 is 19.5 Å². The molecule has 3 aromatic rings. The molecule has 0 atom stereocenters. The minimum atomic E-state index is -3.98. The lowest BCUT2D eigenvalue weighted by Crippen LogP contribution is -2.21. The van der Waals surface area contributed by atoms with Crippen molar-refractivity contribution in [3.05, 3.63) is 83.9 Å². The van der Waals surface area contributed by atoms with Gasteiger partial charge in [-0.15, -0.1) is 0 Å². The lowest BCUT2D eigenvalue weighted by Gasteiger charge is -2.10. The topological polar surface area (TPSA) is 137 Å². The summed E-state index contributed by atoms with van der Waals surface area (Å²) < 4.78 is 42.5. The van der Waals surface area contributed by atoms with Crippen molar-refractivity contribution in [2.24, 2.45) is 0 Å². The van der Waals surface area contributed by atoms with Gasteiger partial charge in [-0.25, -0.2) is 18.0 Å². The van der Waals surface area contributed by atoms with Crippen LogP contribution in [0.3, 0.4) is 0 Å². The van der Waals surface area contributed by atoms with E-state index in [-0.39, 0.29) is 10.5 Å². The second kappa shape index (κ2) is 11.2. The van der Waals surface area contributed by atoms with Crippen LogP contribution in [0.1, 0.15) is 20.7 Å². The van der Waals surface area contributed by atoms with Gasteiger partial charge in [0, 0.05) is 11.4 Å². The summed E-state index contributed by atoms with van der Waals surface area (Å²) in [6, 6.07) is 17.5. The van der Waals surface area contributed by atoms with Crippen molar-refractivity contribution < 1.29 is 37.0 Å². The number of ether oxygens (including phenoxy) is 3. The minimum Gasteiger partial charge on any atom is -0.497 e. The van der Waals surface area contributed by atoms with Gasteiger partial charge in [0.1, 0.15) is 5.75 Å². The molecule has 182 valence electrons. The average molecular weight is 499 g/mol. The van der Waals surface area contributed by atoms with Gasteiger partial charge in [-0.3, -0.25) is 9.52 Å². The third kappa shape index (κ3) is 6.81. The number of hydrogen-bond donors (Lipinski definition) is 2. The lowest BCUT2D eigenvalue weighted by atomic mass is 10.2. The van der Waals surface area contributed by atoms with Crippen LogP contribution in [0.25, 0.3) is 0 Å². The number of sulfonamides is 1. The SMILES string of the molecule is COC(=O)c1ccc(NC(=O)COC(=O)c2cccc(S(=O)(=O)Nc3ccc(OC)cc3)c2)cc1. The van der Waals surface area contributed by atoms with Gasteiger partial charge in [0.25, 0.3) is 15.9 Å². The Morgan fingerprint density at radius 3 is 2.09 bits per heavy atom. The number of carbonyl (C=O) groups excluding carboxylic acids is 3. The highest BCUT2D eigenvalue weighted by Gasteiger charge is 2.18. The van der Waals surface area contributed by atoms with Gasteiger partial charge in [-0.1, -0.05) is 6.07 Å². The van der Waals surface area contributed by atoms with Gasteiger partial charge in [-0.05, 0) is 66.7 Å². The second-order valence-electron chi connectivity index (χ2n) is 7.06. The van der Waals surface area contributed by atoms with E-state index in [1.807, 2.05) is 0 Å². The van der Waals surface area contributed by atoms with Crippen molar-refractivity contribution in [3.63, 3.8) is 0 Å². The van der Waals surface area contributed by atoms with E-state index in [0.717, 1.165) is 6.07 Å². The molecule has 0 saturated heterocycles. The molecule has 0 aliphatic rings. The molecule has 0 radical (unpaired) electrons. The van der Waals surface area contributed by atoms with E-state index >= 15 is 0 Å². The van der Waals surface area contributed by atoms with Crippen molar-refractivity contribution in [2.45, 2.75) is 4.90 Å². The van der Waals surface area contributed by atoms with Crippen molar-refractivity contribution in [1.29, 1.82) is 0 Å². The summed E-state index contributed by atoms with van der Waals surface area (Å²) in [6.07, 6.45) is 0. The molecule has 0 unspecified atom stereocenters. The summed E-state index contributed by atoms with van der Waals surface area (Å²) in [4.78, 5) is 35.8. The number of hydrogen-bond acceptors (Lipinski definition) is 8. The van der Waals surface area contributed by atoms with Crippen LogP contribution in [0.2, 0.25) is 0 Å². The molecular formula is C24H22N2O8S. The number of anilines is 2. The molecule has 0 heterocycles. The van der Waals surface area contributed by atoms with Crippen LogP contribution in [-0.4, -0.2) is 47.1 Å². The Hall–Kier alpha value is -4.38. The molecule has 3 aromatic carbocycles. The van der Waals surface area contributed by atoms with Crippen molar-refractivity contribution in [3.8, 4) is 5.75 Å². The third-order valence-electron chi connectivity index (χ3n) is 4.65. The number of nitrogens with one attached hydrogen (secondary N) is 2. The first kappa shape index (κ1) is 25.2. The molecule has 0 saturated carbocycles. The van der Waals surface area contributed by atoms with Crippen molar-refractivity contribution in [2.75, 3.05) is 30.9 Å². The number of esters is 2. The number of benzene rings is 3. The summed E-state index contributed by atoms with van der Waals surface area (Å²) in [7, 11) is -1.23. The van der Waals surface area contributed by atoms with E-state index in [4.69, 9.17) is 9.47 Å². The number of methoxy groups -OCH3 is 2. The van der Waals surface area contributed by atoms with Gasteiger partial charge >= 0.3 is 11.9 Å². The highest BCUT2D eigenvalue weighted by Crippen LogP contribution is 2.20. The van der Waals surface area contributed by atoms with E-state index < -0.39 is 34.5 Å². The minimum absolute atomic E-state index is 0.0437. The molecule has 0 fully saturated rings. The number of amides is 1. The molecule has 0 bridgehead atoms. The van der Waals surface area contributed by atoms with Crippen LogP contribution < -0.4 is 14.8 Å². The van der Waals surface area contributed by atoms with Gasteiger partial charge in [-0.2, -0.15) is 0 Å². The van der Waals surface area contributed by atoms with E-state index in [1.165, 1.54) is 68.8 Å². The van der Waals surface area contributed by atoms with E-state index in [1.54, 1.807) is 12.1 Å². The standard InChI is InChI=1S/C24H22N2O8S/c1-32-20-12-10-19(11-13-20)26-35(30,31)21-5-3-4-17(14-21)24(29)34-15-22(27)25-18-8-6-16(7-9-18)23(28)33-2/h3-14,26H,15H2,1-2H3,(H,25,27). The van der Waals surface area contributed by atoms with Gasteiger partial charge in [0.15, 0.2) is 6.61 Å². The third-order valence-corrected chi connectivity index (χ3v) is 6.03. The summed E-state index contributed by atoms with van der Waals surface area (Å²) in [5.41, 5.74) is 0.970. The summed E-state index contributed by atoms with van der Waals surface area (Å²) >= 11 is 0. The first-order chi connectivity index (χ1) is 16.7. The molecule has 11 heteroatoms. The van der Waals surface area contributed by atoms with Crippen LogP contribution in [0.15, 0.2) is 77.7 Å².